The molecule has 0 bridgehead atoms. The zero-order valence-electron chi connectivity index (χ0n) is 31.6. The van der Waals surface area contributed by atoms with E-state index in [0.717, 1.165) is 4.90 Å². The third-order valence-electron chi connectivity index (χ3n) is 11.7. The number of Topliss-reactive ketones (excluding diaryl/α,β-unsaturated/α-hetero) is 2. The predicted octanol–water partition coefficient (Wildman–Crippen LogP) is 2.76. The van der Waals surface area contributed by atoms with Gasteiger partial charge >= 0.3 is 5.97 Å². The third kappa shape index (κ3) is 6.70. The molecule has 1 aliphatic carbocycles. The first-order valence-electron chi connectivity index (χ1n) is 17.9. The molecule has 16 heteroatoms. The van der Waals surface area contributed by atoms with Gasteiger partial charge in [0.25, 0.3) is 5.92 Å². The number of hydrogen-bond acceptors (Lipinski definition) is 11. The van der Waals surface area contributed by atoms with Crippen LogP contribution in [0, 0.1) is 22.2 Å². The van der Waals surface area contributed by atoms with E-state index in [1.54, 1.807) is 34.1 Å². The van der Waals surface area contributed by atoms with E-state index in [1.807, 2.05) is 41.5 Å². The van der Waals surface area contributed by atoms with Crippen LogP contribution in [0.4, 0.5) is 8.78 Å². The number of amides is 2. The number of fused-ring (bicyclic) bond motifs is 1. The zero-order valence-corrected chi connectivity index (χ0v) is 31.6. The lowest BCUT2D eigenvalue weighted by molar-refractivity contribution is -0.194. The van der Waals surface area contributed by atoms with E-state index in [9.17, 15) is 43.1 Å². The Bertz CT molecular complexity index is 1910. The smallest absolute Gasteiger partial charge is 0.331 e. The molecule has 1 spiro atoms. The molecule has 1 aromatic heterocycles. The maximum Gasteiger partial charge on any atom is 0.331 e. The van der Waals surface area contributed by atoms with Crippen molar-refractivity contribution in [2.75, 3.05) is 39.3 Å². The summed E-state index contributed by atoms with van der Waals surface area (Å²) in [5, 5.41) is 20.4. The minimum atomic E-state index is -3.27. The van der Waals surface area contributed by atoms with Crippen LogP contribution in [0.3, 0.4) is 0 Å². The topological polar surface area (TPSA) is 213 Å². The van der Waals surface area contributed by atoms with Crippen molar-refractivity contribution in [2.24, 2.45) is 22.3 Å². The largest absolute Gasteiger partial charge is 0.494 e. The molecule has 5 N–H and O–H groups in total. The van der Waals surface area contributed by atoms with E-state index in [1.165, 1.54) is 12.3 Å². The van der Waals surface area contributed by atoms with Crippen LogP contribution < -0.4 is 16.2 Å². The summed E-state index contributed by atoms with van der Waals surface area (Å²) in [4.78, 5) is 76.0. The standard InChI is InChI=1S/C38H49F2N7O7/c1-33(2,3)38(34(4,5)6)22-45(14-7-15-54-24-8-9-27-26(16-24)25(30(42)50)11-13-44-27)37(28(48)10-12-36(43,31(37)51)32(52)53)21-46(38)19-29(49)47-20-35(39,40)17-23(47)18-41/h8-9,11,13,16,23H,7,10,12,14-15,17,19-22,43H2,1-6H3,(H2,42,50)(H,52,53)/t23-,36-,37-/m0/s1. The van der Waals surface area contributed by atoms with E-state index in [2.05, 4.69) is 4.98 Å². The summed E-state index contributed by atoms with van der Waals surface area (Å²) in [5.74, 6) is -7.43. The number of ether oxygens (including phenoxy) is 1. The summed E-state index contributed by atoms with van der Waals surface area (Å²) in [6.45, 7) is 9.91. The van der Waals surface area contributed by atoms with Crippen molar-refractivity contribution in [3.63, 3.8) is 0 Å². The Labute approximate surface area is 312 Å². The highest BCUT2D eigenvalue weighted by atomic mass is 19.3. The number of halogens is 2. The van der Waals surface area contributed by atoms with E-state index in [-0.39, 0.29) is 38.1 Å². The fraction of sp³-hybridized carbons (Fsp3) is 0.605. The molecule has 3 heterocycles. The normalized spacial score (nSPS) is 26.2. The van der Waals surface area contributed by atoms with Crippen molar-refractivity contribution in [1.82, 2.24) is 19.7 Å². The van der Waals surface area contributed by atoms with Gasteiger partial charge in [-0.25, -0.2) is 13.6 Å². The van der Waals surface area contributed by atoms with Gasteiger partial charge in [-0.1, -0.05) is 41.5 Å². The van der Waals surface area contributed by atoms with Crippen LogP contribution in [0.2, 0.25) is 0 Å². The summed E-state index contributed by atoms with van der Waals surface area (Å²) in [5.41, 5.74) is 5.73. The summed E-state index contributed by atoms with van der Waals surface area (Å²) in [6, 6.07) is 6.94. The Morgan fingerprint density at radius 1 is 1.06 bits per heavy atom. The second-order valence-corrected chi connectivity index (χ2v) is 16.9. The Morgan fingerprint density at radius 2 is 1.72 bits per heavy atom. The predicted molar refractivity (Wildman–Crippen MR) is 192 cm³/mol. The zero-order chi connectivity index (χ0) is 40.2. The molecule has 1 aromatic carbocycles. The number of nitrogens with two attached hydrogens (primary N) is 2. The third-order valence-corrected chi connectivity index (χ3v) is 11.7. The van der Waals surface area contributed by atoms with E-state index < -0.39 is 101 Å². The molecule has 3 atom stereocenters. The Balaban J connectivity index is 1.55. The van der Waals surface area contributed by atoms with Gasteiger partial charge in [-0.05, 0) is 47.9 Å². The molecule has 14 nitrogen and oxygen atoms in total. The number of benzene rings is 1. The average molecular weight is 754 g/mol. The van der Waals surface area contributed by atoms with E-state index in [4.69, 9.17) is 16.2 Å². The number of carboxylic acids is 1. The molecule has 2 saturated heterocycles. The van der Waals surface area contributed by atoms with Gasteiger partial charge in [-0.2, -0.15) is 5.26 Å². The van der Waals surface area contributed by atoms with Crippen LogP contribution in [0.5, 0.6) is 5.75 Å². The lowest BCUT2D eigenvalue weighted by Crippen LogP contribution is -2.85. The molecule has 3 fully saturated rings. The highest BCUT2D eigenvalue weighted by Crippen LogP contribution is 2.53. The molecule has 2 amide bonds. The Hall–Kier alpha value is -4.59. The van der Waals surface area contributed by atoms with Gasteiger partial charge in [0.05, 0.1) is 36.8 Å². The molecule has 0 radical (unpaired) electrons. The monoisotopic (exact) mass is 753 g/mol. The quantitative estimate of drug-likeness (QED) is 0.249. The van der Waals surface area contributed by atoms with Gasteiger partial charge in [-0.3, -0.25) is 34.0 Å². The number of carbonyl (C=O) groups excluding carboxylic acids is 4. The summed E-state index contributed by atoms with van der Waals surface area (Å²) >= 11 is 0. The molecule has 2 aliphatic heterocycles. The molecule has 54 heavy (non-hydrogen) atoms. The average Bonchev–Trinajstić information content (AvgIpc) is 3.41. The number of nitriles is 1. The van der Waals surface area contributed by atoms with Crippen molar-refractivity contribution in [2.45, 2.75) is 95.8 Å². The summed E-state index contributed by atoms with van der Waals surface area (Å²) in [7, 11) is 0. The number of rotatable bonds is 9. The number of primary amides is 1. The second kappa shape index (κ2) is 13.9. The number of hydrogen-bond donors (Lipinski definition) is 3. The molecule has 5 rings (SSSR count). The van der Waals surface area contributed by atoms with Crippen LogP contribution in [0.15, 0.2) is 30.5 Å². The number of nitrogens with zero attached hydrogens (tertiary/aromatic N) is 5. The van der Waals surface area contributed by atoms with Gasteiger partial charge < -0.3 is 26.2 Å². The molecule has 2 aromatic rings. The van der Waals surface area contributed by atoms with Crippen LogP contribution >= 0.6 is 0 Å². The molecule has 292 valence electrons. The fourth-order valence-electron chi connectivity index (χ4n) is 9.17. The van der Waals surface area contributed by atoms with Crippen molar-refractivity contribution >= 4 is 40.3 Å². The number of likely N-dealkylation sites (tertiary alicyclic amines) is 1. The first kappa shape index (κ1) is 40.6. The number of alkyl halides is 2. The summed E-state index contributed by atoms with van der Waals surface area (Å²) in [6.07, 6.45) is 0.163. The van der Waals surface area contributed by atoms with Crippen LogP contribution in [-0.2, 0) is 19.2 Å². The first-order chi connectivity index (χ1) is 24.9. The van der Waals surface area contributed by atoms with Crippen molar-refractivity contribution in [3.05, 3.63) is 36.0 Å². The van der Waals surface area contributed by atoms with E-state index >= 15 is 0 Å². The minimum absolute atomic E-state index is 0.0120. The van der Waals surface area contributed by atoms with Crippen molar-refractivity contribution in [3.8, 4) is 11.8 Å². The SMILES string of the molecule is CC(C)(C)C1(C(C)(C)C)CN(CCCOc2ccc3nccc(C(N)=O)c3c2)[C@@]2(CN1CC(=O)N1CC(F)(F)C[C@H]1C#N)C(=O)CC[C@@](N)(C(=O)O)C2=O. The lowest BCUT2D eigenvalue weighted by Gasteiger charge is -2.67. The van der Waals surface area contributed by atoms with Crippen molar-refractivity contribution in [1.29, 1.82) is 5.26 Å². The van der Waals surface area contributed by atoms with Crippen molar-refractivity contribution < 1.29 is 42.6 Å². The number of ketones is 2. The second-order valence-electron chi connectivity index (χ2n) is 16.9. The molecule has 1 saturated carbocycles. The van der Waals surface area contributed by atoms with Gasteiger partial charge in [0.15, 0.2) is 22.6 Å². The number of aromatic nitrogens is 1. The number of piperazine rings is 1. The first-order valence-corrected chi connectivity index (χ1v) is 17.9. The van der Waals surface area contributed by atoms with Gasteiger partial charge in [0.1, 0.15) is 11.8 Å². The van der Waals surface area contributed by atoms with Gasteiger partial charge in [-0.15, -0.1) is 0 Å². The van der Waals surface area contributed by atoms with Gasteiger partial charge in [0, 0.05) is 49.6 Å². The number of carboxylic acid groups (broad SMARTS) is 1. The lowest BCUT2D eigenvalue weighted by atomic mass is 9.55. The molecular weight excluding hydrogens is 704 g/mol. The minimum Gasteiger partial charge on any atom is -0.494 e. The Morgan fingerprint density at radius 3 is 2.31 bits per heavy atom. The fourth-order valence-corrected chi connectivity index (χ4v) is 9.17. The number of pyridine rings is 1. The molecule has 0 unspecified atom stereocenters. The maximum absolute atomic E-state index is 14.6. The highest BCUT2D eigenvalue weighted by molar-refractivity contribution is 6.24. The Kier molecular flexibility index (Phi) is 10.5. The van der Waals surface area contributed by atoms with Crippen LogP contribution in [0.25, 0.3) is 10.9 Å². The van der Waals surface area contributed by atoms with Crippen LogP contribution in [-0.4, -0.2) is 122 Å². The highest BCUT2D eigenvalue weighted by Gasteiger charge is 2.69. The summed E-state index contributed by atoms with van der Waals surface area (Å²) < 4.78 is 35.1. The number of aliphatic carboxylic acids is 1. The molecular formula is C38H49F2N7O7. The van der Waals surface area contributed by atoms with Crippen LogP contribution in [0.1, 0.15) is 77.6 Å². The maximum atomic E-state index is 14.6. The van der Waals surface area contributed by atoms with E-state index in [0.29, 0.717) is 16.7 Å². The number of carbonyl (C=O) groups is 5. The van der Waals surface area contributed by atoms with Gasteiger partial charge in [0.2, 0.25) is 11.8 Å². The molecule has 3 aliphatic rings.